The summed E-state index contributed by atoms with van der Waals surface area (Å²) in [6.07, 6.45) is 6.15. The van der Waals surface area contributed by atoms with Crippen LogP contribution in [0.4, 0.5) is 4.79 Å². The molecule has 1 unspecified atom stereocenters. The number of thiocarbonyl (C=S) groups is 2. The number of carbonyl (C=O) groups is 1. The van der Waals surface area contributed by atoms with Crippen LogP contribution in [0, 0.1) is 0 Å². The van der Waals surface area contributed by atoms with Crippen molar-refractivity contribution in [1.82, 2.24) is 20.0 Å². The summed E-state index contributed by atoms with van der Waals surface area (Å²) in [6, 6.07) is 0.0749. The Bertz CT molecular complexity index is 860. The van der Waals surface area contributed by atoms with Gasteiger partial charge in [0, 0.05) is 67.6 Å². The number of aliphatic hydroxyl groups excluding tert-OH is 1. The molecule has 3 rings (SSSR count). The van der Waals surface area contributed by atoms with Crippen LogP contribution in [0.2, 0.25) is 0 Å². The maximum absolute atomic E-state index is 12.6. The van der Waals surface area contributed by atoms with Crippen LogP contribution in [0.1, 0.15) is 65.7 Å². The number of nitrogens with zero attached hydrogens (tertiary/aromatic N) is 3. The monoisotopic (exact) mass is 684 g/mol. The van der Waals surface area contributed by atoms with Crippen molar-refractivity contribution in [1.29, 1.82) is 0 Å². The van der Waals surface area contributed by atoms with Crippen molar-refractivity contribution in [2.24, 2.45) is 0 Å². The van der Waals surface area contributed by atoms with E-state index in [9.17, 15) is 4.79 Å². The predicted octanol–water partition coefficient (Wildman–Crippen LogP) is 3.63. The first-order chi connectivity index (χ1) is 20.3. The molecule has 5 atom stereocenters. The van der Waals surface area contributed by atoms with Crippen molar-refractivity contribution >= 4 is 52.9 Å². The molecule has 0 aliphatic carbocycles. The minimum Gasteiger partial charge on any atom is -0.444 e. The Morgan fingerprint density at radius 2 is 1.59 bits per heavy atom. The minimum atomic E-state index is -0.543. The first-order valence-corrected chi connectivity index (χ1v) is 16.4. The summed E-state index contributed by atoms with van der Waals surface area (Å²) in [7, 11) is 7.72. The van der Waals surface area contributed by atoms with Gasteiger partial charge in [-0.05, 0) is 59.3 Å². The molecule has 3 aliphatic rings. The lowest BCUT2D eigenvalue weighted by molar-refractivity contribution is -0.164. The number of hydrogen-bond acceptors (Lipinski definition) is 10. The van der Waals surface area contributed by atoms with Gasteiger partial charge in [-0.15, -0.1) is 12.4 Å². The Labute approximate surface area is 282 Å². The molecule has 0 saturated carbocycles. The fourth-order valence-corrected chi connectivity index (χ4v) is 5.39. The summed E-state index contributed by atoms with van der Waals surface area (Å²) >= 11 is 10.8. The highest BCUT2D eigenvalue weighted by atomic mass is 35.5. The molecule has 3 saturated heterocycles. The second-order valence-electron chi connectivity index (χ2n) is 12.6. The van der Waals surface area contributed by atoms with Crippen molar-refractivity contribution in [2.45, 2.75) is 102 Å². The summed E-state index contributed by atoms with van der Waals surface area (Å²) in [4.78, 5) is 19.8. The number of halogens is 1. The van der Waals surface area contributed by atoms with Crippen LogP contribution in [-0.2, 0) is 23.7 Å². The molecule has 0 aromatic carbocycles. The molecule has 3 aliphatic heterocycles. The van der Waals surface area contributed by atoms with E-state index < -0.39 is 5.60 Å². The van der Waals surface area contributed by atoms with Gasteiger partial charge in [0.15, 0.2) is 6.29 Å². The molecule has 0 radical (unpaired) electrons. The van der Waals surface area contributed by atoms with Gasteiger partial charge in [0.05, 0.1) is 42.4 Å². The van der Waals surface area contributed by atoms with E-state index in [1.165, 1.54) is 0 Å². The summed E-state index contributed by atoms with van der Waals surface area (Å²) in [5, 5.41) is 12.0. The molecule has 0 aromatic rings. The maximum Gasteiger partial charge on any atom is 0.410 e. The molecule has 14 heteroatoms. The average Bonchev–Trinajstić information content (AvgIpc) is 3.60. The SMILES string of the molecule is CN(C)C(=S)[C@@H]1C[C@@H](OCCCO)CN1.CN(C)C(=S)[C@@H]1C[C@@H](OCCCOC2CCCCO2)CN1C(=O)OC(C)(C)C.Cl. The van der Waals surface area contributed by atoms with Gasteiger partial charge in [-0.2, -0.15) is 0 Å². The fraction of sp³-hybridized carbons (Fsp3) is 0.900. The predicted molar refractivity (Wildman–Crippen MR) is 183 cm³/mol. The van der Waals surface area contributed by atoms with Crippen molar-refractivity contribution < 1.29 is 33.6 Å². The third-order valence-electron chi connectivity index (χ3n) is 7.19. The average molecular weight is 685 g/mol. The number of nitrogens with one attached hydrogen (secondary N) is 1. The molecule has 3 heterocycles. The summed E-state index contributed by atoms with van der Waals surface area (Å²) in [6.45, 7) is 9.75. The fourth-order valence-electron chi connectivity index (χ4n) is 4.98. The number of aliphatic hydroxyl groups is 1. The summed E-state index contributed by atoms with van der Waals surface area (Å²) in [5.74, 6) is 0. The van der Waals surface area contributed by atoms with Gasteiger partial charge in [-0.3, -0.25) is 4.90 Å². The Morgan fingerprint density at radius 1 is 0.955 bits per heavy atom. The van der Waals surface area contributed by atoms with Crippen LogP contribution >= 0.6 is 36.8 Å². The van der Waals surface area contributed by atoms with Gasteiger partial charge >= 0.3 is 6.09 Å². The number of carbonyl (C=O) groups excluding carboxylic acids is 1. The normalized spacial score (nSPS) is 25.0. The van der Waals surface area contributed by atoms with Gasteiger partial charge in [0.1, 0.15) is 10.6 Å². The molecule has 2 N–H and O–H groups in total. The second kappa shape index (κ2) is 21.1. The number of likely N-dealkylation sites (N-methyl/N-ethyl adjacent to an activating group) is 2. The lowest BCUT2D eigenvalue weighted by atomic mass is 10.2. The van der Waals surface area contributed by atoms with Crippen molar-refractivity contribution in [3.05, 3.63) is 0 Å². The highest BCUT2D eigenvalue weighted by molar-refractivity contribution is 7.80. The number of likely N-dealkylation sites (tertiary alicyclic amines) is 1. The Balaban J connectivity index is 0.000000513. The zero-order valence-corrected chi connectivity index (χ0v) is 30.2. The molecule has 1 amide bonds. The Morgan fingerprint density at radius 3 is 2.18 bits per heavy atom. The van der Waals surface area contributed by atoms with E-state index in [0.29, 0.717) is 39.2 Å². The molecule has 3 fully saturated rings. The van der Waals surface area contributed by atoms with Crippen molar-refractivity contribution in [2.75, 3.05) is 74.3 Å². The van der Waals surface area contributed by atoms with Gasteiger partial charge in [-0.25, -0.2) is 4.79 Å². The number of ether oxygens (including phenoxy) is 5. The topological polar surface area (TPSA) is 105 Å². The zero-order valence-electron chi connectivity index (χ0n) is 27.7. The first-order valence-electron chi connectivity index (χ1n) is 15.5. The molecule has 0 bridgehead atoms. The van der Waals surface area contributed by atoms with E-state index in [0.717, 1.165) is 55.2 Å². The van der Waals surface area contributed by atoms with Gasteiger partial charge in [0.2, 0.25) is 0 Å². The molecular formula is C30H57ClN4O7S2. The van der Waals surface area contributed by atoms with Gasteiger partial charge in [-0.1, -0.05) is 24.4 Å². The van der Waals surface area contributed by atoms with E-state index in [-0.39, 0.29) is 55.7 Å². The number of hydrogen-bond donors (Lipinski definition) is 2. The minimum absolute atomic E-state index is 0. The van der Waals surface area contributed by atoms with Crippen LogP contribution in [0.15, 0.2) is 0 Å². The molecule has 0 spiro atoms. The highest BCUT2D eigenvalue weighted by Gasteiger charge is 2.40. The Hall–Kier alpha value is -0.900. The lowest BCUT2D eigenvalue weighted by Gasteiger charge is -2.30. The van der Waals surface area contributed by atoms with Crippen LogP contribution in [0.5, 0.6) is 0 Å². The lowest BCUT2D eigenvalue weighted by Crippen LogP contribution is -2.46. The Kier molecular flexibility index (Phi) is 19.7. The molecule has 44 heavy (non-hydrogen) atoms. The maximum atomic E-state index is 12.6. The van der Waals surface area contributed by atoms with Crippen molar-refractivity contribution in [3.8, 4) is 0 Å². The van der Waals surface area contributed by atoms with Crippen LogP contribution in [-0.4, -0.2) is 146 Å². The van der Waals surface area contributed by atoms with E-state index in [2.05, 4.69) is 5.32 Å². The first kappa shape index (κ1) is 41.1. The molecule has 258 valence electrons. The summed E-state index contributed by atoms with van der Waals surface area (Å²) in [5.41, 5.74) is -0.543. The third-order valence-corrected chi connectivity index (χ3v) is 8.47. The van der Waals surface area contributed by atoms with E-state index in [1.54, 1.807) is 4.90 Å². The van der Waals surface area contributed by atoms with E-state index in [1.807, 2.05) is 58.8 Å². The zero-order chi connectivity index (χ0) is 32.0. The molecule has 0 aromatic heterocycles. The summed E-state index contributed by atoms with van der Waals surface area (Å²) < 4.78 is 28.5. The second-order valence-corrected chi connectivity index (χ2v) is 13.5. The quantitative estimate of drug-likeness (QED) is 0.232. The van der Waals surface area contributed by atoms with Crippen LogP contribution < -0.4 is 5.32 Å². The van der Waals surface area contributed by atoms with Crippen LogP contribution in [0.3, 0.4) is 0 Å². The van der Waals surface area contributed by atoms with Gasteiger partial charge in [0.25, 0.3) is 0 Å². The van der Waals surface area contributed by atoms with Gasteiger partial charge < -0.3 is 43.9 Å². The smallest absolute Gasteiger partial charge is 0.410 e. The number of amides is 1. The third kappa shape index (κ3) is 15.1. The van der Waals surface area contributed by atoms with E-state index in [4.69, 9.17) is 53.2 Å². The molecule has 11 nitrogen and oxygen atoms in total. The highest BCUT2D eigenvalue weighted by Crippen LogP contribution is 2.25. The largest absolute Gasteiger partial charge is 0.444 e. The molecular weight excluding hydrogens is 628 g/mol. The standard InChI is InChI=1S/C20H36N2O5S.C10H20N2O2S.ClH/c1-20(2,3)27-19(23)22-14-15(13-16(22)18(28)21(4)5)24-11-8-12-26-17-9-6-7-10-25-17;1-12(2)10(15)9-6-8(7-11-9)14-5-3-4-13;/h15-17H,6-14H2,1-5H3;8-9,11,13H,3-7H2,1-2H3;1H/t15-,16+,17?;8-,9+;/m11./s1. The number of rotatable bonds is 12. The van der Waals surface area contributed by atoms with Crippen molar-refractivity contribution in [3.63, 3.8) is 0 Å². The van der Waals surface area contributed by atoms with Crippen LogP contribution in [0.25, 0.3) is 0 Å². The van der Waals surface area contributed by atoms with E-state index >= 15 is 0 Å².